The van der Waals surface area contributed by atoms with E-state index in [-0.39, 0.29) is 0 Å². The third-order valence-corrected chi connectivity index (χ3v) is 3.01. The Morgan fingerprint density at radius 2 is 1.90 bits per heavy atom. The molecule has 0 unspecified atom stereocenters. The van der Waals surface area contributed by atoms with E-state index in [0.717, 1.165) is 10.9 Å². The number of hydrogen-bond donors (Lipinski definition) is 1. The molecule has 1 N–H and O–H groups in total. The van der Waals surface area contributed by atoms with Crippen LogP contribution in [0.2, 0.25) is 0 Å². The molecule has 2 heterocycles. The topological polar surface area (TPSA) is 69.2 Å². The Labute approximate surface area is 121 Å². The number of anilines is 1. The van der Waals surface area contributed by atoms with E-state index in [1.54, 1.807) is 20.4 Å². The Morgan fingerprint density at radius 1 is 1.05 bits per heavy atom. The van der Waals surface area contributed by atoms with Crippen molar-refractivity contribution in [1.82, 2.24) is 15.0 Å². The number of hydrogen-bond acceptors (Lipinski definition) is 6. The molecule has 0 saturated heterocycles. The fourth-order valence-corrected chi connectivity index (χ4v) is 2.06. The van der Waals surface area contributed by atoms with Gasteiger partial charge in [-0.3, -0.25) is 4.98 Å². The second-order valence-electron chi connectivity index (χ2n) is 4.24. The highest BCUT2D eigenvalue weighted by molar-refractivity contribution is 5.84. The zero-order valence-electron chi connectivity index (χ0n) is 11.7. The molecular formula is C15H14N4O2. The molecule has 0 bridgehead atoms. The molecule has 1 aromatic carbocycles. The van der Waals surface area contributed by atoms with Crippen LogP contribution in [0.3, 0.4) is 0 Å². The van der Waals surface area contributed by atoms with E-state index in [4.69, 9.17) is 9.47 Å². The highest BCUT2D eigenvalue weighted by atomic mass is 16.5. The van der Waals surface area contributed by atoms with Gasteiger partial charge in [-0.25, -0.2) is 4.98 Å². The van der Waals surface area contributed by atoms with E-state index in [9.17, 15) is 0 Å². The van der Waals surface area contributed by atoms with Crippen molar-refractivity contribution in [3.05, 3.63) is 42.9 Å². The van der Waals surface area contributed by atoms with Gasteiger partial charge in [0.15, 0.2) is 11.6 Å². The maximum Gasteiger partial charge on any atom is 0.268 e. The van der Waals surface area contributed by atoms with Crippen LogP contribution in [-0.4, -0.2) is 29.1 Å². The Morgan fingerprint density at radius 3 is 2.71 bits per heavy atom. The summed E-state index contributed by atoms with van der Waals surface area (Å²) in [6, 6.07) is 9.59. The molecule has 0 aliphatic rings. The first-order chi connectivity index (χ1) is 10.3. The average Bonchev–Trinajstić information content (AvgIpc) is 2.55. The molecule has 106 valence electrons. The van der Waals surface area contributed by atoms with Crippen LogP contribution in [0.25, 0.3) is 10.9 Å². The lowest BCUT2D eigenvalue weighted by atomic mass is 10.2. The Kier molecular flexibility index (Phi) is 3.51. The summed E-state index contributed by atoms with van der Waals surface area (Å²) in [6.07, 6.45) is 3.15. The van der Waals surface area contributed by atoms with Crippen molar-refractivity contribution in [2.45, 2.75) is 0 Å². The van der Waals surface area contributed by atoms with Gasteiger partial charge in [-0.05, 0) is 12.1 Å². The van der Waals surface area contributed by atoms with Gasteiger partial charge in [0, 0.05) is 18.6 Å². The van der Waals surface area contributed by atoms with E-state index in [1.165, 1.54) is 6.33 Å². The van der Waals surface area contributed by atoms with Gasteiger partial charge >= 0.3 is 0 Å². The summed E-state index contributed by atoms with van der Waals surface area (Å²) in [6.45, 7) is 0. The van der Waals surface area contributed by atoms with Crippen LogP contribution in [-0.2, 0) is 0 Å². The zero-order valence-corrected chi connectivity index (χ0v) is 11.7. The highest BCUT2D eigenvalue weighted by Crippen LogP contribution is 2.35. The van der Waals surface area contributed by atoms with Gasteiger partial charge in [0.1, 0.15) is 11.8 Å². The molecule has 6 heteroatoms. The largest absolute Gasteiger partial charge is 0.489 e. The number of benzene rings is 1. The summed E-state index contributed by atoms with van der Waals surface area (Å²) in [5, 5.41) is 3.94. The third kappa shape index (κ3) is 2.43. The van der Waals surface area contributed by atoms with Crippen LogP contribution >= 0.6 is 0 Å². The summed E-state index contributed by atoms with van der Waals surface area (Å²) in [4.78, 5) is 12.6. The first-order valence-corrected chi connectivity index (χ1v) is 6.42. The second kappa shape index (κ2) is 5.62. The summed E-state index contributed by atoms with van der Waals surface area (Å²) in [5.74, 6) is 1.98. The Bertz CT molecular complexity index is 771. The number of nitrogens with zero attached hydrogens (tertiary/aromatic N) is 3. The number of ether oxygens (including phenoxy) is 2. The lowest BCUT2D eigenvalue weighted by Gasteiger charge is -2.12. The standard InChI is InChI=1S/C15H14N4O2/c1-16-14-13(20-2)15(19-9-18-14)21-11-7-3-5-10-6-4-8-17-12(10)11/h3-9H,1-2H3,(H,16,18,19). The van der Waals surface area contributed by atoms with Gasteiger partial charge < -0.3 is 14.8 Å². The first kappa shape index (κ1) is 13.1. The minimum Gasteiger partial charge on any atom is -0.489 e. The van der Waals surface area contributed by atoms with Crippen LogP contribution in [0.4, 0.5) is 5.82 Å². The van der Waals surface area contributed by atoms with Gasteiger partial charge in [0.25, 0.3) is 5.88 Å². The predicted octanol–water partition coefficient (Wildman–Crippen LogP) is 2.87. The fraction of sp³-hybridized carbons (Fsp3) is 0.133. The molecule has 21 heavy (non-hydrogen) atoms. The van der Waals surface area contributed by atoms with E-state index < -0.39 is 0 Å². The minimum absolute atomic E-state index is 0.343. The van der Waals surface area contributed by atoms with Crippen LogP contribution in [0.1, 0.15) is 0 Å². The lowest BCUT2D eigenvalue weighted by Crippen LogP contribution is -2.01. The normalized spacial score (nSPS) is 10.4. The van der Waals surface area contributed by atoms with Crippen molar-refractivity contribution in [3.63, 3.8) is 0 Å². The number of aromatic nitrogens is 3. The van der Waals surface area contributed by atoms with E-state index >= 15 is 0 Å². The van der Waals surface area contributed by atoms with Crippen LogP contribution < -0.4 is 14.8 Å². The summed E-state index contributed by atoms with van der Waals surface area (Å²) in [5.41, 5.74) is 0.770. The van der Waals surface area contributed by atoms with Crippen molar-refractivity contribution in [1.29, 1.82) is 0 Å². The summed E-state index contributed by atoms with van der Waals surface area (Å²) < 4.78 is 11.2. The lowest BCUT2D eigenvalue weighted by molar-refractivity contribution is 0.370. The van der Waals surface area contributed by atoms with Crippen molar-refractivity contribution in [2.24, 2.45) is 0 Å². The first-order valence-electron chi connectivity index (χ1n) is 6.42. The van der Waals surface area contributed by atoms with Gasteiger partial charge in [-0.1, -0.05) is 18.2 Å². The Hall–Kier alpha value is -2.89. The molecule has 0 fully saturated rings. The van der Waals surface area contributed by atoms with Crippen molar-refractivity contribution < 1.29 is 9.47 Å². The number of para-hydroxylation sites is 1. The van der Waals surface area contributed by atoms with E-state index in [2.05, 4.69) is 20.3 Å². The number of pyridine rings is 1. The maximum atomic E-state index is 5.88. The highest BCUT2D eigenvalue weighted by Gasteiger charge is 2.14. The van der Waals surface area contributed by atoms with Crippen molar-refractivity contribution >= 4 is 16.7 Å². The molecule has 0 aliphatic heterocycles. The minimum atomic E-state index is 0.343. The molecular weight excluding hydrogens is 268 g/mol. The van der Waals surface area contributed by atoms with Crippen LogP contribution in [0.5, 0.6) is 17.4 Å². The SMILES string of the molecule is CNc1ncnc(Oc2cccc3cccnc23)c1OC. The third-order valence-electron chi connectivity index (χ3n) is 3.01. The Balaban J connectivity index is 2.07. The van der Waals surface area contributed by atoms with Crippen LogP contribution in [0.15, 0.2) is 42.9 Å². The average molecular weight is 282 g/mol. The van der Waals surface area contributed by atoms with Gasteiger partial charge in [0.05, 0.1) is 7.11 Å². The molecule has 0 aliphatic carbocycles. The number of methoxy groups -OCH3 is 1. The molecule has 0 radical (unpaired) electrons. The van der Waals surface area contributed by atoms with Gasteiger partial charge in [-0.2, -0.15) is 4.98 Å². The number of fused-ring (bicyclic) bond motifs is 1. The second-order valence-corrected chi connectivity index (χ2v) is 4.24. The molecule has 0 atom stereocenters. The summed E-state index contributed by atoms with van der Waals surface area (Å²) in [7, 11) is 3.31. The number of rotatable bonds is 4. The summed E-state index contributed by atoms with van der Waals surface area (Å²) >= 11 is 0. The fourth-order valence-electron chi connectivity index (χ4n) is 2.06. The molecule has 6 nitrogen and oxygen atoms in total. The van der Waals surface area contributed by atoms with E-state index in [0.29, 0.717) is 23.2 Å². The smallest absolute Gasteiger partial charge is 0.268 e. The number of nitrogens with one attached hydrogen (secondary N) is 1. The van der Waals surface area contributed by atoms with Crippen LogP contribution in [0, 0.1) is 0 Å². The van der Waals surface area contributed by atoms with E-state index in [1.807, 2.05) is 30.3 Å². The van der Waals surface area contributed by atoms with Gasteiger partial charge in [0.2, 0.25) is 5.75 Å². The maximum absolute atomic E-state index is 5.88. The molecule has 0 amide bonds. The molecule has 3 rings (SSSR count). The molecule has 0 spiro atoms. The van der Waals surface area contributed by atoms with Crippen molar-refractivity contribution in [3.8, 4) is 17.4 Å². The molecule has 0 saturated carbocycles. The van der Waals surface area contributed by atoms with Gasteiger partial charge in [-0.15, -0.1) is 0 Å². The monoisotopic (exact) mass is 282 g/mol. The molecule has 2 aromatic heterocycles. The predicted molar refractivity (Wildman–Crippen MR) is 79.9 cm³/mol. The zero-order chi connectivity index (χ0) is 14.7. The van der Waals surface area contributed by atoms with Crippen molar-refractivity contribution in [2.75, 3.05) is 19.5 Å². The molecule has 3 aromatic rings. The quantitative estimate of drug-likeness (QED) is 0.793.